The number of sulfonamides is 1. The predicted octanol–water partition coefficient (Wildman–Crippen LogP) is 4.49. The Morgan fingerprint density at radius 2 is 1.79 bits per heavy atom. The zero-order valence-electron chi connectivity index (χ0n) is 15.9. The van der Waals surface area contributed by atoms with E-state index in [0.717, 1.165) is 23.5 Å². The molecule has 3 rings (SSSR count). The molecule has 1 saturated carbocycles. The molecule has 0 saturated heterocycles. The monoisotopic (exact) mass is 420 g/mol. The molecule has 1 aliphatic rings. The summed E-state index contributed by atoms with van der Waals surface area (Å²) in [5.74, 6) is 0.489. The first-order chi connectivity index (χ1) is 13.4. The average molecular weight is 421 g/mol. The third-order valence-electron chi connectivity index (χ3n) is 4.50. The van der Waals surface area contributed by atoms with Crippen molar-refractivity contribution >= 4 is 39.1 Å². The van der Waals surface area contributed by atoms with Crippen LogP contribution in [0.1, 0.15) is 32.6 Å². The molecule has 0 atom stereocenters. The molecule has 1 amide bonds. The van der Waals surface area contributed by atoms with Crippen LogP contribution in [-0.2, 0) is 14.8 Å². The average Bonchev–Trinajstić information content (AvgIpc) is 3.15. The highest BCUT2D eigenvalue weighted by Crippen LogP contribution is 2.30. The summed E-state index contributed by atoms with van der Waals surface area (Å²) in [5, 5.41) is 2.67. The van der Waals surface area contributed by atoms with E-state index in [1.165, 1.54) is 43.7 Å². The van der Waals surface area contributed by atoms with Gasteiger partial charge in [-0.15, -0.1) is 11.8 Å². The van der Waals surface area contributed by atoms with Crippen molar-refractivity contribution in [1.29, 1.82) is 0 Å². The molecule has 150 valence electrons. The van der Waals surface area contributed by atoms with E-state index in [4.69, 9.17) is 4.74 Å². The van der Waals surface area contributed by atoms with Crippen LogP contribution in [0.2, 0.25) is 0 Å². The van der Waals surface area contributed by atoms with E-state index in [0.29, 0.717) is 11.4 Å². The quantitative estimate of drug-likeness (QED) is 0.645. The number of hydrogen-bond acceptors (Lipinski definition) is 5. The molecule has 1 fully saturated rings. The lowest BCUT2D eigenvalue weighted by atomic mass is 10.3. The van der Waals surface area contributed by atoms with Crippen LogP contribution in [0.15, 0.2) is 52.3 Å². The lowest BCUT2D eigenvalue weighted by molar-refractivity contribution is -0.114. The molecule has 2 N–H and O–H groups in total. The molecular weight excluding hydrogens is 396 g/mol. The van der Waals surface area contributed by atoms with Crippen molar-refractivity contribution in [2.75, 3.05) is 16.3 Å². The Morgan fingerprint density at radius 3 is 2.39 bits per heavy atom. The summed E-state index contributed by atoms with van der Waals surface area (Å²) in [5.41, 5.74) is 0.928. The van der Waals surface area contributed by atoms with Crippen molar-refractivity contribution in [1.82, 2.24) is 0 Å². The molecule has 6 nitrogen and oxygen atoms in total. The Labute approximate surface area is 170 Å². The summed E-state index contributed by atoms with van der Waals surface area (Å²) in [6, 6.07) is 11.6. The Bertz CT molecular complexity index is 937. The first-order valence-corrected chi connectivity index (χ1v) is 11.8. The van der Waals surface area contributed by atoms with Gasteiger partial charge < -0.3 is 10.1 Å². The Balaban J connectivity index is 1.74. The Morgan fingerprint density at radius 1 is 1.11 bits per heavy atom. The van der Waals surface area contributed by atoms with Crippen LogP contribution < -0.4 is 14.8 Å². The van der Waals surface area contributed by atoms with E-state index in [9.17, 15) is 13.2 Å². The summed E-state index contributed by atoms with van der Waals surface area (Å²) in [6.07, 6.45) is 6.64. The van der Waals surface area contributed by atoms with Gasteiger partial charge in [0.15, 0.2) is 0 Å². The number of thioether (sulfide) groups is 1. The number of amides is 1. The van der Waals surface area contributed by atoms with Crippen LogP contribution in [0.4, 0.5) is 11.4 Å². The molecule has 0 aromatic heterocycles. The van der Waals surface area contributed by atoms with Crippen molar-refractivity contribution in [2.24, 2.45) is 0 Å². The molecule has 0 aliphatic heterocycles. The van der Waals surface area contributed by atoms with Crippen molar-refractivity contribution in [3.63, 3.8) is 0 Å². The SMILES string of the molecule is CSc1ccc(S(=O)(=O)Nc2ccc(OC3CCCC3)cc2)cc1NC(C)=O. The summed E-state index contributed by atoms with van der Waals surface area (Å²) < 4.78 is 34.0. The van der Waals surface area contributed by atoms with Crippen LogP contribution >= 0.6 is 11.8 Å². The van der Waals surface area contributed by atoms with Gasteiger partial charge in [0.2, 0.25) is 5.91 Å². The van der Waals surface area contributed by atoms with Crippen molar-refractivity contribution in [3.05, 3.63) is 42.5 Å². The zero-order valence-corrected chi connectivity index (χ0v) is 17.5. The third kappa shape index (κ3) is 5.20. The maximum absolute atomic E-state index is 12.7. The summed E-state index contributed by atoms with van der Waals surface area (Å²) in [7, 11) is -3.78. The second-order valence-corrected chi connectivity index (χ2v) is 9.23. The number of ether oxygens (including phenoxy) is 1. The van der Waals surface area contributed by atoms with Crippen molar-refractivity contribution < 1.29 is 17.9 Å². The van der Waals surface area contributed by atoms with Gasteiger partial charge in [-0.3, -0.25) is 9.52 Å². The highest BCUT2D eigenvalue weighted by Gasteiger charge is 2.18. The van der Waals surface area contributed by atoms with Gasteiger partial charge >= 0.3 is 0 Å². The fraction of sp³-hybridized carbons (Fsp3) is 0.350. The lowest BCUT2D eigenvalue weighted by Crippen LogP contribution is -2.14. The van der Waals surface area contributed by atoms with Crippen LogP contribution in [0.25, 0.3) is 0 Å². The van der Waals surface area contributed by atoms with E-state index in [2.05, 4.69) is 10.0 Å². The predicted molar refractivity (Wildman–Crippen MR) is 113 cm³/mol. The molecule has 0 bridgehead atoms. The number of anilines is 2. The highest BCUT2D eigenvalue weighted by molar-refractivity contribution is 7.98. The van der Waals surface area contributed by atoms with Crippen LogP contribution in [0.5, 0.6) is 5.75 Å². The van der Waals surface area contributed by atoms with Gasteiger partial charge in [0.05, 0.1) is 16.7 Å². The molecule has 0 spiro atoms. The van der Waals surface area contributed by atoms with Crippen LogP contribution in [0, 0.1) is 0 Å². The minimum atomic E-state index is -3.78. The number of hydrogen-bond donors (Lipinski definition) is 2. The molecule has 2 aromatic carbocycles. The maximum atomic E-state index is 12.7. The van der Waals surface area contributed by atoms with Crippen molar-refractivity contribution in [3.8, 4) is 5.75 Å². The molecule has 2 aromatic rings. The maximum Gasteiger partial charge on any atom is 0.261 e. The van der Waals surface area contributed by atoms with Crippen molar-refractivity contribution in [2.45, 2.75) is 48.5 Å². The smallest absolute Gasteiger partial charge is 0.261 e. The first-order valence-electron chi connectivity index (χ1n) is 9.12. The summed E-state index contributed by atoms with van der Waals surface area (Å²) in [6.45, 7) is 1.39. The van der Waals surface area contributed by atoms with Crippen LogP contribution in [-0.4, -0.2) is 26.7 Å². The Kier molecular flexibility index (Phi) is 6.51. The second-order valence-electron chi connectivity index (χ2n) is 6.70. The number of carbonyl (C=O) groups excluding carboxylic acids is 1. The number of benzene rings is 2. The van der Waals surface area contributed by atoms with E-state index in [1.807, 2.05) is 6.26 Å². The topological polar surface area (TPSA) is 84.5 Å². The van der Waals surface area contributed by atoms with Gasteiger partial charge in [-0.05, 0) is 74.4 Å². The molecule has 0 heterocycles. The lowest BCUT2D eigenvalue weighted by Gasteiger charge is -2.14. The minimum Gasteiger partial charge on any atom is -0.490 e. The summed E-state index contributed by atoms with van der Waals surface area (Å²) >= 11 is 1.43. The van der Waals surface area contributed by atoms with E-state index in [1.54, 1.807) is 30.3 Å². The summed E-state index contributed by atoms with van der Waals surface area (Å²) in [4.78, 5) is 12.3. The van der Waals surface area contributed by atoms with E-state index in [-0.39, 0.29) is 16.9 Å². The fourth-order valence-corrected chi connectivity index (χ4v) is 4.77. The van der Waals surface area contributed by atoms with Gasteiger partial charge in [0.1, 0.15) is 5.75 Å². The largest absolute Gasteiger partial charge is 0.490 e. The highest BCUT2D eigenvalue weighted by atomic mass is 32.2. The van der Waals surface area contributed by atoms with E-state index < -0.39 is 10.0 Å². The second kappa shape index (κ2) is 8.87. The molecule has 28 heavy (non-hydrogen) atoms. The Hall–Kier alpha value is -2.19. The van der Waals surface area contributed by atoms with E-state index >= 15 is 0 Å². The van der Waals surface area contributed by atoms with Gasteiger partial charge in [0.25, 0.3) is 10.0 Å². The zero-order chi connectivity index (χ0) is 20.1. The van der Waals surface area contributed by atoms with Gasteiger partial charge in [0, 0.05) is 17.5 Å². The normalized spacial score (nSPS) is 14.6. The molecule has 1 aliphatic carbocycles. The number of carbonyl (C=O) groups is 1. The molecule has 0 radical (unpaired) electrons. The number of nitrogens with one attached hydrogen (secondary N) is 2. The fourth-order valence-electron chi connectivity index (χ4n) is 3.16. The first kappa shape index (κ1) is 20.5. The van der Waals surface area contributed by atoms with Crippen LogP contribution in [0.3, 0.4) is 0 Å². The minimum absolute atomic E-state index is 0.0836. The van der Waals surface area contributed by atoms with Gasteiger partial charge in [-0.2, -0.15) is 0 Å². The van der Waals surface area contributed by atoms with Gasteiger partial charge in [-0.25, -0.2) is 8.42 Å². The standard InChI is InChI=1S/C20H24N2O4S2/c1-14(23)21-19-13-18(11-12-20(19)27-2)28(24,25)22-15-7-9-17(10-8-15)26-16-5-3-4-6-16/h7-13,16,22H,3-6H2,1-2H3,(H,21,23). The van der Waals surface area contributed by atoms with Gasteiger partial charge in [-0.1, -0.05) is 0 Å². The molecular formula is C20H24N2O4S2. The third-order valence-corrected chi connectivity index (χ3v) is 6.68. The molecule has 8 heteroatoms. The molecule has 0 unspecified atom stereocenters. The number of rotatable bonds is 7.